The van der Waals surface area contributed by atoms with Crippen LogP contribution >= 0.6 is 11.6 Å². The molecule has 0 aromatic heterocycles. The number of sulfonamides is 1. The first-order valence-electron chi connectivity index (χ1n) is 6.48. The summed E-state index contributed by atoms with van der Waals surface area (Å²) in [5.74, 6) is -0.297. The molecule has 1 saturated heterocycles. The van der Waals surface area contributed by atoms with E-state index in [0.717, 1.165) is 25.9 Å². The van der Waals surface area contributed by atoms with Crippen LogP contribution in [0.1, 0.15) is 18.4 Å². The molecule has 0 amide bonds. The summed E-state index contributed by atoms with van der Waals surface area (Å²) in [5, 5.41) is 0.432. The van der Waals surface area contributed by atoms with Gasteiger partial charge in [-0.3, -0.25) is 4.90 Å². The standard InChI is InChI=1S/C13H18ClFN2O2S/c1-20(18,19)16-10-5-7-17(8-6-10)9-11-12(14)3-2-4-13(11)15/h2-4,10,16H,5-9H2,1H3. The lowest BCUT2D eigenvalue weighted by atomic mass is 10.1. The van der Waals surface area contributed by atoms with Gasteiger partial charge in [0, 0.05) is 36.3 Å². The average molecular weight is 321 g/mol. The number of benzene rings is 1. The fourth-order valence-corrected chi connectivity index (χ4v) is 3.48. The van der Waals surface area contributed by atoms with E-state index >= 15 is 0 Å². The first-order valence-corrected chi connectivity index (χ1v) is 8.74. The highest BCUT2D eigenvalue weighted by molar-refractivity contribution is 7.88. The van der Waals surface area contributed by atoms with Gasteiger partial charge in [0.05, 0.1) is 6.26 Å². The van der Waals surface area contributed by atoms with Gasteiger partial charge in [-0.1, -0.05) is 17.7 Å². The van der Waals surface area contributed by atoms with E-state index in [9.17, 15) is 12.8 Å². The average Bonchev–Trinajstić information content (AvgIpc) is 2.34. The largest absolute Gasteiger partial charge is 0.299 e. The molecular formula is C13H18ClFN2O2S. The van der Waals surface area contributed by atoms with Gasteiger partial charge in [0.1, 0.15) is 5.82 Å². The van der Waals surface area contributed by atoms with Crippen molar-refractivity contribution >= 4 is 21.6 Å². The van der Waals surface area contributed by atoms with E-state index in [1.807, 2.05) is 0 Å². The first-order chi connectivity index (χ1) is 9.35. The maximum Gasteiger partial charge on any atom is 0.208 e. The Balaban J connectivity index is 1.92. The summed E-state index contributed by atoms with van der Waals surface area (Å²) < 4.78 is 38.7. The number of rotatable bonds is 4. The van der Waals surface area contributed by atoms with E-state index in [-0.39, 0.29) is 11.9 Å². The van der Waals surface area contributed by atoms with Crippen molar-refractivity contribution in [1.82, 2.24) is 9.62 Å². The zero-order chi connectivity index (χ0) is 14.8. The van der Waals surface area contributed by atoms with Crippen molar-refractivity contribution in [3.05, 3.63) is 34.6 Å². The molecule has 7 heteroatoms. The van der Waals surface area contributed by atoms with Crippen molar-refractivity contribution in [3.63, 3.8) is 0 Å². The van der Waals surface area contributed by atoms with Crippen molar-refractivity contribution in [3.8, 4) is 0 Å². The monoisotopic (exact) mass is 320 g/mol. The van der Waals surface area contributed by atoms with Crippen molar-refractivity contribution in [2.24, 2.45) is 0 Å². The van der Waals surface area contributed by atoms with Gasteiger partial charge >= 0.3 is 0 Å². The zero-order valence-electron chi connectivity index (χ0n) is 11.3. The predicted octanol–water partition coefficient (Wildman–Crippen LogP) is 1.99. The Labute approximate surface area is 124 Å². The number of nitrogens with one attached hydrogen (secondary N) is 1. The lowest BCUT2D eigenvalue weighted by Crippen LogP contribution is -2.44. The predicted molar refractivity (Wildman–Crippen MR) is 77.7 cm³/mol. The van der Waals surface area contributed by atoms with Crippen LogP contribution in [-0.2, 0) is 16.6 Å². The van der Waals surface area contributed by atoms with Crippen LogP contribution < -0.4 is 4.72 Å². The maximum atomic E-state index is 13.7. The molecule has 0 bridgehead atoms. The Kier molecular flexibility index (Phi) is 5.01. The highest BCUT2D eigenvalue weighted by Gasteiger charge is 2.22. The normalized spacial score (nSPS) is 18.4. The van der Waals surface area contributed by atoms with E-state index in [1.54, 1.807) is 12.1 Å². The van der Waals surface area contributed by atoms with Crippen LogP contribution in [-0.4, -0.2) is 38.7 Å². The van der Waals surface area contributed by atoms with Gasteiger partial charge in [-0.05, 0) is 25.0 Å². The third-order valence-electron chi connectivity index (χ3n) is 3.41. The molecule has 1 aliphatic heterocycles. The van der Waals surface area contributed by atoms with Crippen LogP contribution in [0.2, 0.25) is 5.02 Å². The molecule has 1 heterocycles. The first kappa shape index (κ1) is 15.7. The molecule has 0 spiro atoms. The minimum Gasteiger partial charge on any atom is -0.299 e. The van der Waals surface area contributed by atoms with Crippen molar-refractivity contribution in [2.45, 2.75) is 25.4 Å². The zero-order valence-corrected chi connectivity index (χ0v) is 12.8. The molecule has 0 saturated carbocycles. The molecule has 2 rings (SSSR count). The number of nitrogens with zero attached hydrogens (tertiary/aromatic N) is 1. The topological polar surface area (TPSA) is 49.4 Å². The summed E-state index contributed by atoms with van der Waals surface area (Å²) in [6.45, 7) is 1.90. The number of hydrogen-bond donors (Lipinski definition) is 1. The van der Waals surface area contributed by atoms with Gasteiger partial charge in [-0.25, -0.2) is 17.5 Å². The van der Waals surface area contributed by atoms with Crippen LogP contribution in [0, 0.1) is 5.82 Å². The molecular weight excluding hydrogens is 303 g/mol. The maximum absolute atomic E-state index is 13.7. The van der Waals surface area contributed by atoms with Gasteiger partial charge < -0.3 is 0 Å². The van der Waals surface area contributed by atoms with Crippen LogP contribution in [0.4, 0.5) is 4.39 Å². The minimum atomic E-state index is -3.16. The summed E-state index contributed by atoms with van der Waals surface area (Å²) >= 11 is 6.01. The highest BCUT2D eigenvalue weighted by Crippen LogP contribution is 2.22. The molecule has 1 aromatic carbocycles. The molecule has 112 valence electrons. The van der Waals surface area contributed by atoms with E-state index in [1.165, 1.54) is 12.3 Å². The Morgan fingerprint density at radius 2 is 2.05 bits per heavy atom. The van der Waals surface area contributed by atoms with E-state index in [0.29, 0.717) is 17.1 Å². The Bertz CT molecular complexity index is 551. The van der Waals surface area contributed by atoms with Crippen LogP contribution in [0.5, 0.6) is 0 Å². The molecule has 0 aliphatic carbocycles. The molecule has 0 atom stereocenters. The molecule has 20 heavy (non-hydrogen) atoms. The number of piperidine rings is 1. The van der Waals surface area contributed by atoms with Gasteiger partial charge in [-0.15, -0.1) is 0 Å². The SMILES string of the molecule is CS(=O)(=O)NC1CCN(Cc2c(F)cccc2Cl)CC1. The summed E-state index contributed by atoms with van der Waals surface area (Å²) in [6, 6.07) is 4.64. The lowest BCUT2D eigenvalue weighted by molar-refractivity contribution is 0.198. The van der Waals surface area contributed by atoms with Gasteiger partial charge in [0.15, 0.2) is 0 Å². The second kappa shape index (κ2) is 6.39. The summed E-state index contributed by atoms with van der Waals surface area (Å²) in [7, 11) is -3.16. The fourth-order valence-electron chi connectivity index (χ4n) is 2.42. The van der Waals surface area contributed by atoms with Crippen LogP contribution in [0.3, 0.4) is 0 Å². The second-order valence-corrected chi connectivity index (χ2v) is 7.33. The van der Waals surface area contributed by atoms with E-state index in [2.05, 4.69) is 9.62 Å². The van der Waals surface area contributed by atoms with E-state index < -0.39 is 10.0 Å². The lowest BCUT2D eigenvalue weighted by Gasteiger charge is -2.32. The number of likely N-dealkylation sites (tertiary alicyclic amines) is 1. The fraction of sp³-hybridized carbons (Fsp3) is 0.538. The molecule has 4 nitrogen and oxygen atoms in total. The van der Waals surface area contributed by atoms with Crippen molar-refractivity contribution in [1.29, 1.82) is 0 Å². The van der Waals surface area contributed by atoms with E-state index in [4.69, 9.17) is 11.6 Å². The summed E-state index contributed by atoms with van der Waals surface area (Å²) in [5.41, 5.74) is 0.503. The quantitative estimate of drug-likeness (QED) is 0.923. The number of hydrogen-bond acceptors (Lipinski definition) is 3. The van der Waals surface area contributed by atoms with Gasteiger partial charge in [0.2, 0.25) is 10.0 Å². The summed E-state index contributed by atoms with van der Waals surface area (Å²) in [6.07, 6.45) is 2.61. The Hall–Kier alpha value is -0.690. The van der Waals surface area contributed by atoms with Crippen molar-refractivity contribution < 1.29 is 12.8 Å². The molecule has 1 aromatic rings. The molecule has 0 unspecified atom stereocenters. The van der Waals surface area contributed by atoms with Gasteiger partial charge in [-0.2, -0.15) is 0 Å². The minimum absolute atomic E-state index is 0.0302. The molecule has 0 radical (unpaired) electrons. The molecule has 1 aliphatic rings. The Morgan fingerprint density at radius 1 is 1.40 bits per heavy atom. The third-order valence-corrected chi connectivity index (χ3v) is 4.53. The summed E-state index contributed by atoms with van der Waals surface area (Å²) in [4.78, 5) is 2.09. The Morgan fingerprint density at radius 3 is 2.60 bits per heavy atom. The number of halogens is 2. The van der Waals surface area contributed by atoms with Crippen LogP contribution in [0.25, 0.3) is 0 Å². The molecule has 1 fully saturated rings. The molecule has 1 N–H and O–H groups in total. The smallest absolute Gasteiger partial charge is 0.208 e. The third kappa shape index (κ3) is 4.41. The van der Waals surface area contributed by atoms with Crippen molar-refractivity contribution in [2.75, 3.05) is 19.3 Å². The van der Waals surface area contributed by atoms with Gasteiger partial charge in [0.25, 0.3) is 0 Å². The second-order valence-electron chi connectivity index (χ2n) is 5.14. The van der Waals surface area contributed by atoms with Crippen LogP contribution in [0.15, 0.2) is 18.2 Å². The highest BCUT2D eigenvalue weighted by atomic mass is 35.5.